The number of amides is 2. The predicted molar refractivity (Wildman–Crippen MR) is 159 cm³/mol. The first-order valence-electron chi connectivity index (χ1n) is 13.8. The van der Waals surface area contributed by atoms with Crippen LogP contribution in [0.2, 0.25) is 0 Å². The summed E-state index contributed by atoms with van der Waals surface area (Å²) in [5.41, 5.74) is 3.41. The minimum atomic E-state index is -0.158. The number of fused-ring (bicyclic) bond motifs is 1. The smallest absolute Gasteiger partial charge is 0.251 e. The molecule has 1 fully saturated rings. The van der Waals surface area contributed by atoms with Crippen molar-refractivity contribution in [3.63, 3.8) is 0 Å². The topological polar surface area (TPSA) is 108 Å². The van der Waals surface area contributed by atoms with Crippen molar-refractivity contribution in [3.8, 4) is 21.8 Å². The number of likely N-dealkylation sites (N-methyl/N-ethyl adjacent to an activating group) is 1. The standard InChI is InChI=1S/C29H36N8O2S/c1-5-35(6-2)19(3)16-31-29(39)21-14-24(33-26(15-21)36-11-9-20(18-36)28(38)30-4)22-17-32-37-12-10-23(34-27(22)37)25-8-7-13-40-25/h7-8,10,12-15,17,19-20H,5-6,9,11,16,18H2,1-4H3,(H,30,38)(H,31,39)/t19?,20-/m1/s1. The Morgan fingerprint density at radius 2 is 2.00 bits per heavy atom. The summed E-state index contributed by atoms with van der Waals surface area (Å²) in [6.07, 6.45) is 4.37. The number of nitrogens with zero attached hydrogens (tertiary/aromatic N) is 6. The molecule has 2 amide bonds. The van der Waals surface area contributed by atoms with Gasteiger partial charge < -0.3 is 15.5 Å². The normalized spacial score (nSPS) is 16.0. The lowest BCUT2D eigenvalue weighted by atomic mass is 10.1. The number of carbonyl (C=O) groups is 2. The van der Waals surface area contributed by atoms with E-state index in [4.69, 9.17) is 9.97 Å². The van der Waals surface area contributed by atoms with Crippen molar-refractivity contribution in [2.24, 2.45) is 5.92 Å². The van der Waals surface area contributed by atoms with Crippen LogP contribution < -0.4 is 15.5 Å². The lowest BCUT2D eigenvalue weighted by molar-refractivity contribution is -0.123. The van der Waals surface area contributed by atoms with Gasteiger partial charge in [-0.1, -0.05) is 19.9 Å². The molecule has 0 spiro atoms. The highest BCUT2D eigenvalue weighted by Crippen LogP contribution is 2.30. The Labute approximate surface area is 238 Å². The second-order valence-corrected chi connectivity index (χ2v) is 11.0. The molecule has 40 heavy (non-hydrogen) atoms. The second-order valence-electron chi connectivity index (χ2n) is 10.0. The summed E-state index contributed by atoms with van der Waals surface area (Å²) in [5.74, 6) is 0.416. The Balaban J connectivity index is 1.51. The van der Waals surface area contributed by atoms with E-state index in [0.717, 1.165) is 35.6 Å². The zero-order chi connectivity index (χ0) is 28.2. The number of anilines is 1. The molecule has 1 aliphatic heterocycles. The summed E-state index contributed by atoms with van der Waals surface area (Å²) in [7, 11) is 1.66. The largest absolute Gasteiger partial charge is 0.359 e. The Kier molecular flexibility index (Phi) is 8.41. The SMILES string of the molecule is CCN(CC)C(C)CNC(=O)c1cc(-c2cnn3ccc(-c4cccs4)nc23)nc(N2CC[C@@H](C(=O)NC)C2)c1. The molecule has 0 bridgehead atoms. The van der Waals surface area contributed by atoms with Crippen molar-refractivity contribution in [2.75, 3.05) is 44.7 Å². The molecule has 1 unspecified atom stereocenters. The van der Waals surface area contributed by atoms with Gasteiger partial charge in [0.25, 0.3) is 5.91 Å². The van der Waals surface area contributed by atoms with Gasteiger partial charge in [-0.05, 0) is 56.1 Å². The second kappa shape index (κ2) is 12.1. The first-order valence-corrected chi connectivity index (χ1v) is 14.7. The van der Waals surface area contributed by atoms with Crippen molar-refractivity contribution in [1.29, 1.82) is 0 Å². The Hall–Kier alpha value is -3.83. The van der Waals surface area contributed by atoms with Gasteiger partial charge in [-0.3, -0.25) is 14.5 Å². The molecular formula is C29H36N8O2S. The average Bonchev–Trinajstić information content (AvgIpc) is 3.76. The highest BCUT2D eigenvalue weighted by Gasteiger charge is 2.29. The number of rotatable bonds is 10. The van der Waals surface area contributed by atoms with Gasteiger partial charge in [-0.2, -0.15) is 5.10 Å². The van der Waals surface area contributed by atoms with Crippen molar-refractivity contribution in [3.05, 3.63) is 53.7 Å². The minimum absolute atomic E-state index is 0.0231. The van der Waals surface area contributed by atoms with E-state index < -0.39 is 0 Å². The number of carbonyl (C=O) groups excluding carboxylic acids is 2. The number of nitrogens with one attached hydrogen (secondary N) is 2. The molecule has 0 aromatic carbocycles. The first-order chi connectivity index (χ1) is 19.4. The highest BCUT2D eigenvalue weighted by atomic mass is 32.1. The van der Waals surface area contributed by atoms with E-state index in [1.165, 1.54) is 0 Å². The summed E-state index contributed by atoms with van der Waals surface area (Å²) in [6, 6.07) is 9.83. The molecule has 0 radical (unpaired) electrons. The molecule has 1 aliphatic rings. The molecule has 5 rings (SSSR count). The Morgan fingerprint density at radius 3 is 2.73 bits per heavy atom. The lowest BCUT2D eigenvalue weighted by Crippen LogP contribution is -2.42. The fraction of sp³-hybridized carbons (Fsp3) is 0.414. The van der Waals surface area contributed by atoms with Crippen molar-refractivity contribution in [2.45, 2.75) is 33.2 Å². The lowest BCUT2D eigenvalue weighted by Gasteiger charge is -2.26. The molecule has 10 nitrogen and oxygen atoms in total. The fourth-order valence-electron chi connectivity index (χ4n) is 5.26. The van der Waals surface area contributed by atoms with Crippen LogP contribution in [0, 0.1) is 5.92 Å². The summed E-state index contributed by atoms with van der Waals surface area (Å²) in [4.78, 5) is 41.1. The van der Waals surface area contributed by atoms with Crippen LogP contribution in [0.15, 0.2) is 48.1 Å². The van der Waals surface area contributed by atoms with Crippen LogP contribution >= 0.6 is 11.3 Å². The minimum Gasteiger partial charge on any atom is -0.359 e. The summed E-state index contributed by atoms with van der Waals surface area (Å²) in [5, 5.41) is 12.4. The number of aromatic nitrogens is 4. The predicted octanol–water partition coefficient (Wildman–Crippen LogP) is 3.55. The molecular weight excluding hydrogens is 524 g/mol. The summed E-state index contributed by atoms with van der Waals surface area (Å²) in [6.45, 7) is 9.99. The van der Waals surface area contributed by atoms with E-state index in [9.17, 15) is 9.59 Å². The number of pyridine rings is 1. The van der Waals surface area contributed by atoms with Crippen LogP contribution in [-0.4, -0.2) is 82.1 Å². The number of hydrogen-bond donors (Lipinski definition) is 2. The third kappa shape index (κ3) is 5.71. The van der Waals surface area contributed by atoms with E-state index in [0.29, 0.717) is 42.4 Å². The quantitative estimate of drug-likeness (QED) is 0.305. The van der Waals surface area contributed by atoms with Gasteiger partial charge in [0.15, 0.2) is 5.65 Å². The maximum atomic E-state index is 13.5. The third-order valence-corrected chi connectivity index (χ3v) is 8.51. The van der Waals surface area contributed by atoms with Crippen LogP contribution in [0.3, 0.4) is 0 Å². The average molecular weight is 561 g/mol. The van der Waals surface area contributed by atoms with Gasteiger partial charge in [-0.25, -0.2) is 14.5 Å². The highest BCUT2D eigenvalue weighted by molar-refractivity contribution is 7.13. The van der Waals surface area contributed by atoms with Gasteiger partial charge >= 0.3 is 0 Å². The molecule has 0 saturated carbocycles. The van der Waals surface area contributed by atoms with Crippen molar-refractivity contribution >= 4 is 34.6 Å². The van der Waals surface area contributed by atoms with Crippen LogP contribution in [-0.2, 0) is 4.79 Å². The van der Waals surface area contributed by atoms with Crippen LogP contribution in [0.1, 0.15) is 37.6 Å². The molecule has 11 heteroatoms. The van der Waals surface area contributed by atoms with E-state index in [2.05, 4.69) is 46.3 Å². The molecule has 1 saturated heterocycles. The van der Waals surface area contributed by atoms with Crippen LogP contribution in [0.25, 0.3) is 27.5 Å². The zero-order valence-corrected chi connectivity index (χ0v) is 24.2. The van der Waals surface area contributed by atoms with Crippen LogP contribution in [0.4, 0.5) is 5.82 Å². The van der Waals surface area contributed by atoms with Gasteiger partial charge in [0.05, 0.1) is 33.9 Å². The molecule has 0 aliphatic carbocycles. The first kappa shape index (κ1) is 27.7. The van der Waals surface area contributed by atoms with E-state index in [-0.39, 0.29) is 23.8 Å². The maximum absolute atomic E-state index is 13.5. The number of hydrogen-bond acceptors (Lipinski definition) is 8. The molecule has 2 atom stereocenters. The van der Waals surface area contributed by atoms with E-state index >= 15 is 0 Å². The fourth-order valence-corrected chi connectivity index (χ4v) is 5.96. The zero-order valence-electron chi connectivity index (χ0n) is 23.4. The van der Waals surface area contributed by atoms with Crippen LogP contribution in [0.5, 0.6) is 0 Å². The molecule has 5 heterocycles. The van der Waals surface area contributed by atoms with Gasteiger partial charge in [-0.15, -0.1) is 11.3 Å². The van der Waals surface area contributed by atoms with Gasteiger partial charge in [0.1, 0.15) is 5.82 Å². The Morgan fingerprint density at radius 1 is 1.18 bits per heavy atom. The summed E-state index contributed by atoms with van der Waals surface area (Å²) >= 11 is 1.63. The molecule has 4 aromatic heterocycles. The molecule has 210 valence electrons. The van der Waals surface area contributed by atoms with Crippen molar-refractivity contribution in [1.82, 2.24) is 35.1 Å². The molecule has 4 aromatic rings. The van der Waals surface area contributed by atoms with E-state index in [1.807, 2.05) is 41.9 Å². The van der Waals surface area contributed by atoms with E-state index in [1.54, 1.807) is 29.1 Å². The third-order valence-electron chi connectivity index (χ3n) is 7.62. The number of thiophene rings is 1. The maximum Gasteiger partial charge on any atom is 0.251 e. The monoisotopic (exact) mass is 560 g/mol. The van der Waals surface area contributed by atoms with Crippen molar-refractivity contribution < 1.29 is 9.59 Å². The van der Waals surface area contributed by atoms with Gasteiger partial charge in [0, 0.05) is 44.5 Å². The Bertz CT molecular complexity index is 1480. The van der Waals surface area contributed by atoms with Gasteiger partial charge in [0.2, 0.25) is 5.91 Å². The molecule has 2 N–H and O–H groups in total. The summed E-state index contributed by atoms with van der Waals surface area (Å²) < 4.78 is 1.73.